The zero-order valence-corrected chi connectivity index (χ0v) is 18.0. The third kappa shape index (κ3) is 5.28. The predicted octanol–water partition coefficient (Wildman–Crippen LogP) is 3.95. The Morgan fingerprint density at radius 1 is 1.17 bits per heavy atom. The van der Waals surface area contributed by atoms with Crippen LogP contribution in [0.3, 0.4) is 0 Å². The molecule has 6 nitrogen and oxygen atoms in total. The first-order valence-electron chi connectivity index (χ1n) is 8.84. The number of nitrogens with one attached hydrogen (secondary N) is 1. The quantitative estimate of drug-likeness (QED) is 0.689. The van der Waals surface area contributed by atoms with Gasteiger partial charge < -0.3 is 5.32 Å². The maximum absolute atomic E-state index is 12.4. The number of sulfonamides is 1. The molecule has 1 aliphatic rings. The highest BCUT2D eigenvalue weighted by molar-refractivity contribution is 7.88. The third-order valence-electron chi connectivity index (χ3n) is 4.82. The highest BCUT2D eigenvalue weighted by atomic mass is 35.5. The average Bonchev–Trinajstić information content (AvgIpc) is 3.45. The highest BCUT2D eigenvalue weighted by Crippen LogP contribution is 2.47. The minimum Gasteiger partial charge on any atom is -0.325 e. The van der Waals surface area contributed by atoms with E-state index < -0.39 is 21.3 Å². The van der Waals surface area contributed by atoms with E-state index >= 15 is 0 Å². The second kappa shape index (κ2) is 8.33. The summed E-state index contributed by atoms with van der Waals surface area (Å²) in [4.78, 5) is 12.4. The van der Waals surface area contributed by atoms with Crippen LogP contribution in [-0.4, -0.2) is 31.4 Å². The summed E-state index contributed by atoms with van der Waals surface area (Å²) in [5.41, 5.74) is 1.69. The first kappa shape index (κ1) is 21.6. The maximum atomic E-state index is 12.4. The molecule has 0 unspecified atom stereocenters. The summed E-state index contributed by atoms with van der Waals surface area (Å²) in [6.07, 6.45) is 2.73. The normalized spacial score (nSPS) is 15.0. The molecule has 0 saturated heterocycles. The van der Waals surface area contributed by atoms with Gasteiger partial charge in [0, 0.05) is 12.2 Å². The molecule has 29 heavy (non-hydrogen) atoms. The number of nitrogens with zero attached hydrogens (tertiary/aromatic N) is 2. The number of amides is 1. The minimum absolute atomic E-state index is 0.00717. The topological polar surface area (TPSA) is 90.3 Å². The molecule has 152 valence electrons. The zero-order chi connectivity index (χ0) is 21.2. The van der Waals surface area contributed by atoms with E-state index in [0.29, 0.717) is 21.3 Å². The predicted molar refractivity (Wildman–Crippen MR) is 113 cm³/mol. The van der Waals surface area contributed by atoms with Gasteiger partial charge >= 0.3 is 0 Å². The second-order valence-electron chi connectivity index (χ2n) is 7.10. The Kier molecular flexibility index (Phi) is 6.20. The Labute approximate surface area is 180 Å². The minimum atomic E-state index is -3.63. The summed E-state index contributed by atoms with van der Waals surface area (Å²) in [5, 5.41) is 12.6. The number of carbonyl (C=O) groups is 1. The summed E-state index contributed by atoms with van der Waals surface area (Å²) < 4.78 is 25.3. The smallest absolute Gasteiger partial charge is 0.239 e. The SMILES string of the molecule is CS(=O)(=O)N(CC(=O)Nc1ccc(C2(C#N)CC2)cc1)Cc1ccc(Cl)c(Cl)c1. The molecule has 0 spiro atoms. The van der Waals surface area contributed by atoms with E-state index in [2.05, 4.69) is 11.4 Å². The van der Waals surface area contributed by atoms with Gasteiger partial charge in [-0.1, -0.05) is 41.4 Å². The van der Waals surface area contributed by atoms with Crippen molar-refractivity contribution in [3.63, 3.8) is 0 Å². The first-order chi connectivity index (χ1) is 13.6. The molecule has 0 aliphatic heterocycles. The zero-order valence-electron chi connectivity index (χ0n) is 15.7. The van der Waals surface area contributed by atoms with Crippen molar-refractivity contribution in [2.24, 2.45) is 0 Å². The van der Waals surface area contributed by atoms with Gasteiger partial charge in [0.05, 0.1) is 34.3 Å². The number of carbonyl (C=O) groups excluding carboxylic acids is 1. The third-order valence-corrected chi connectivity index (χ3v) is 6.75. The molecule has 0 bridgehead atoms. The molecule has 2 aromatic carbocycles. The van der Waals surface area contributed by atoms with Crippen LogP contribution in [0.2, 0.25) is 10.0 Å². The van der Waals surface area contributed by atoms with Crippen LogP contribution in [0.1, 0.15) is 24.0 Å². The van der Waals surface area contributed by atoms with E-state index in [1.165, 1.54) is 0 Å². The maximum Gasteiger partial charge on any atom is 0.239 e. The Hall–Kier alpha value is -2.11. The van der Waals surface area contributed by atoms with Crippen LogP contribution in [0.5, 0.6) is 0 Å². The number of benzene rings is 2. The lowest BCUT2D eigenvalue weighted by Gasteiger charge is -2.20. The Balaban J connectivity index is 1.67. The van der Waals surface area contributed by atoms with Crippen LogP contribution in [0.25, 0.3) is 0 Å². The lowest BCUT2D eigenvalue weighted by atomic mass is 9.98. The number of halogens is 2. The van der Waals surface area contributed by atoms with Gasteiger partial charge in [-0.3, -0.25) is 4.79 Å². The number of rotatable bonds is 7. The molecular formula is C20H19Cl2N3O3S. The Morgan fingerprint density at radius 3 is 2.34 bits per heavy atom. The molecular weight excluding hydrogens is 433 g/mol. The number of anilines is 1. The lowest BCUT2D eigenvalue weighted by Crippen LogP contribution is -2.36. The summed E-state index contributed by atoms with van der Waals surface area (Å²) in [6, 6.07) is 14.2. The van der Waals surface area contributed by atoms with Crippen LogP contribution in [0.4, 0.5) is 5.69 Å². The second-order valence-corrected chi connectivity index (χ2v) is 9.90. The van der Waals surface area contributed by atoms with Crippen molar-refractivity contribution in [2.75, 3.05) is 18.1 Å². The average molecular weight is 452 g/mol. The van der Waals surface area contributed by atoms with E-state index in [-0.39, 0.29) is 13.1 Å². The molecule has 9 heteroatoms. The molecule has 1 aliphatic carbocycles. The van der Waals surface area contributed by atoms with Crippen LogP contribution in [0, 0.1) is 11.3 Å². The van der Waals surface area contributed by atoms with Crippen LogP contribution < -0.4 is 5.32 Å². The van der Waals surface area contributed by atoms with Gasteiger partial charge in [-0.05, 0) is 48.2 Å². The molecule has 0 radical (unpaired) electrons. The van der Waals surface area contributed by atoms with Crippen molar-refractivity contribution in [2.45, 2.75) is 24.8 Å². The fourth-order valence-electron chi connectivity index (χ4n) is 2.96. The standard InChI is InChI=1S/C20H19Cl2N3O3S/c1-29(27,28)25(11-14-2-7-17(21)18(22)10-14)12-19(26)24-16-5-3-15(4-6-16)20(13-23)8-9-20/h2-7,10H,8-9,11-12H2,1H3,(H,24,26). The molecule has 1 amide bonds. The molecule has 2 aromatic rings. The molecule has 1 saturated carbocycles. The van der Waals surface area contributed by atoms with Crippen molar-refractivity contribution < 1.29 is 13.2 Å². The molecule has 1 fully saturated rings. The van der Waals surface area contributed by atoms with Gasteiger partial charge in [0.1, 0.15) is 0 Å². The fraction of sp³-hybridized carbons (Fsp3) is 0.300. The summed E-state index contributed by atoms with van der Waals surface area (Å²) in [7, 11) is -3.63. The number of hydrogen-bond donors (Lipinski definition) is 1. The van der Waals surface area contributed by atoms with Gasteiger partial charge in [-0.25, -0.2) is 8.42 Å². The number of hydrogen-bond acceptors (Lipinski definition) is 4. The van der Waals surface area contributed by atoms with E-state index in [1.807, 2.05) is 12.1 Å². The van der Waals surface area contributed by atoms with Crippen molar-refractivity contribution in [1.29, 1.82) is 5.26 Å². The van der Waals surface area contributed by atoms with Crippen LogP contribution in [-0.2, 0) is 26.8 Å². The van der Waals surface area contributed by atoms with Crippen LogP contribution >= 0.6 is 23.2 Å². The largest absolute Gasteiger partial charge is 0.325 e. The van der Waals surface area contributed by atoms with Gasteiger partial charge in [0.25, 0.3) is 0 Å². The molecule has 3 rings (SSSR count). The number of nitriles is 1. The fourth-order valence-corrected chi connectivity index (χ4v) is 4.01. The van der Waals surface area contributed by atoms with Crippen LogP contribution in [0.15, 0.2) is 42.5 Å². The first-order valence-corrected chi connectivity index (χ1v) is 11.4. The van der Waals surface area contributed by atoms with Gasteiger partial charge in [-0.15, -0.1) is 0 Å². The van der Waals surface area contributed by atoms with Gasteiger partial charge in [0.15, 0.2) is 0 Å². The lowest BCUT2D eigenvalue weighted by molar-refractivity contribution is -0.116. The Bertz CT molecular complexity index is 1080. The van der Waals surface area contributed by atoms with Crippen molar-refractivity contribution in [1.82, 2.24) is 4.31 Å². The Morgan fingerprint density at radius 2 is 1.83 bits per heavy atom. The van der Waals surface area contributed by atoms with Crippen molar-refractivity contribution in [3.05, 3.63) is 63.6 Å². The molecule has 0 heterocycles. The highest BCUT2D eigenvalue weighted by Gasteiger charge is 2.44. The summed E-state index contributed by atoms with van der Waals surface area (Å²) in [5.74, 6) is -0.468. The summed E-state index contributed by atoms with van der Waals surface area (Å²) in [6.45, 7) is -0.351. The van der Waals surface area contributed by atoms with E-state index in [0.717, 1.165) is 29.0 Å². The molecule has 0 aromatic heterocycles. The molecule has 1 N–H and O–H groups in total. The molecule has 0 atom stereocenters. The van der Waals surface area contributed by atoms with Crippen molar-refractivity contribution in [3.8, 4) is 6.07 Å². The van der Waals surface area contributed by atoms with Crippen molar-refractivity contribution >= 4 is 44.8 Å². The summed E-state index contributed by atoms with van der Waals surface area (Å²) >= 11 is 11.9. The van der Waals surface area contributed by atoms with E-state index in [1.54, 1.807) is 30.3 Å². The van der Waals surface area contributed by atoms with Gasteiger partial charge in [-0.2, -0.15) is 9.57 Å². The van der Waals surface area contributed by atoms with Gasteiger partial charge in [0.2, 0.25) is 15.9 Å². The van der Waals surface area contributed by atoms with E-state index in [4.69, 9.17) is 23.2 Å². The van der Waals surface area contributed by atoms with E-state index in [9.17, 15) is 18.5 Å². The monoisotopic (exact) mass is 451 g/mol.